The summed E-state index contributed by atoms with van der Waals surface area (Å²) in [6.45, 7) is 6.98. The fourth-order valence-corrected chi connectivity index (χ4v) is 2.30. The minimum absolute atomic E-state index is 0.592. The predicted molar refractivity (Wildman–Crippen MR) is 92.7 cm³/mol. The molecule has 0 spiro atoms. The van der Waals surface area contributed by atoms with Gasteiger partial charge in [0.15, 0.2) is 0 Å². The Morgan fingerprint density at radius 2 is 1.87 bits per heavy atom. The lowest BCUT2D eigenvalue weighted by molar-refractivity contribution is 0.143. The Kier molecular flexibility index (Phi) is 4.69. The molecular formula is C20H19NO2. The number of fused-ring (bicyclic) bond motifs is 1. The van der Waals surface area contributed by atoms with E-state index in [2.05, 4.69) is 35.8 Å². The van der Waals surface area contributed by atoms with E-state index >= 15 is 0 Å². The topological polar surface area (TPSA) is 31.4 Å². The van der Waals surface area contributed by atoms with Crippen molar-refractivity contribution in [3.05, 3.63) is 78.5 Å². The standard InChI is InChI=1S/C20H19NO2/c1-15(2)13-22-14-16-6-7-18-12-19(9-8-17(18)11-16)23-20-5-3-4-10-21-20/h3-12H,1,13-14H2,2H3. The molecule has 0 unspecified atom stereocenters. The first-order valence-electron chi connectivity index (χ1n) is 7.54. The van der Waals surface area contributed by atoms with Crippen LogP contribution < -0.4 is 4.74 Å². The van der Waals surface area contributed by atoms with E-state index in [0.29, 0.717) is 19.1 Å². The van der Waals surface area contributed by atoms with Gasteiger partial charge < -0.3 is 9.47 Å². The van der Waals surface area contributed by atoms with Gasteiger partial charge in [-0.05, 0) is 47.5 Å². The van der Waals surface area contributed by atoms with E-state index in [-0.39, 0.29) is 0 Å². The maximum Gasteiger partial charge on any atom is 0.219 e. The van der Waals surface area contributed by atoms with Crippen LogP contribution >= 0.6 is 0 Å². The minimum Gasteiger partial charge on any atom is -0.439 e. The highest BCUT2D eigenvalue weighted by atomic mass is 16.5. The molecule has 0 atom stereocenters. The molecule has 0 saturated heterocycles. The number of hydrogen-bond acceptors (Lipinski definition) is 3. The smallest absolute Gasteiger partial charge is 0.219 e. The van der Waals surface area contributed by atoms with Gasteiger partial charge in [-0.25, -0.2) is 4.98 Å². The molecule has 0 radical (unpaired) electrons. The molecule has 0 N–H and O–H groups in total. The van der Waals surface area contributed by atoms with E-state index < -0.39 is 0 Å². The van der Waals surface area contributed by atoms with Gasteiger partial charge in [0.05, 0.1) is 13.2 Å². The summed E-state index contributed by atoms with van der Waals surface area (Å²) >= 11 is 0. The molecule has 0 aliphatic rings. The van der Waals surface area contributed by atoms with Gasteiger partial charge in [0.2, 0.25) is 5.88 Å². The summed E-state index contributed by atoms with van der Waals surface area (Å²) in [6.07, 6.45) is 1.72. The van der Waals surface area contributed by atoms with Gasteiger partial charge in [0, 0.05) is 12.3 Å². The lowest BCUT2D eigenvalue weighted by Gasteiger charge is -2.08. The number of pyridine rings is 1. The highest BCUT2D eigenvalue weighted by Crippen LogP contribution is 2.25. The van der Waals surface area contributed by atoms with Crippen molar-refractivity contribution in [2.24, 2.45) is 0 Å². The van der Waals surface area contributed by atoms with E-state index in [1.54, 1.807) is 6.20 Å². The number of aromatic nitrogens is 1. The molecule has 1 heterocycles. The molecule has 3 aromatic rings. The molecule has 0 fully saturated rings. The molecule has 0 bridgehead atoms. The summed E-state index contributed by atoms with van der Waals surface area (Å²) < 4.78 is 11.4. The number of rotatable bonds is 6. The maximum atomic E-state index is 5.76. The van der Waals surface area contributed by atoms with E-state index in [0.717, 1.165) is 27.7 Å². The van der Waals surface area contributed by atoms with Crippen molar-refractivity contribution in [1.82, 2.24) is 4.98 Å². The summed E-state index contributed by atoms with van der Waals surface area (Å²) in [5, 5.41) is 2.29. The van der Waals surface area contributed by atoms with Crippen LogP contribution in [-0.2, 0) is 11.3 Å². The Morgan fingerprint density at radius 1 is 1.04 bits per heavy atom. The lowest BCUT2D eigenvalue weighted by atomic mass is 10.1. The van der Waals surface area contributed by atoms with Crippen molar-refractivity contribution in [1.29, 1.82) is 0 Å². The van der Waals surface area contributed by atoms with Gasteiger partial charge in [-0.3, -0.25) is 0 Å². The second-order valence-corrected chi connectivity index (χ2v) is 5.56. The highest BCUT2D eigenvalue weighted by molar-refractivity contribution is 5.84. The zero-order valence-electron chi connectivity index (χ0n) is 13.2. The van der Waals surface area contributed by atoms with E-state index in [1.165, 1.54) is 0 Å². The number of hydrogen-bond donors (Lipinski definition) is 0. The quantitative estimate of drug-likeness (QED) is 0.592. The molecular weight excluding hydrogens is 286 g/mol. The van der Waals surface area contributed by atoms with Gasteiger partial charge in [0.1, 0.15) is 5.75 Å². The van der Waals surface area contributed by atoms with Crippen LogP contribution in [0.1, 0.15) is 12.5 Å². The third-order valence-electron chi connectivity index (χ3n) is 3.35. The van der Waals surface area contributed by atoms with Crippen LogP contribution in [0.15, 0.2) is 72.9 Å². The first kappa shape index (κ1) is 15.3. The molecule has 3 heteroatoms. The monoisotopic (exact) mass is 305 g/mol. The number of nitrogens with zero attached hydrogens (tertiary/aromatic N) is 1. The van der Waals surface area contributed by atoms with Crippen LogP contribution in [0.5, 0.6) is 11.6 Å². The van der Waals surface area contributed by atoms with Crippen molar-refractivity contribution in [3.8, 4) is 11.6 Å². The maximum absolute atomic E-state index is 5.76. The molecule has 3 rings (SSSR count). The van der Waals surface area contributed by atoms with Crippen LogP contribution in [0, 0.1) is 0 Å². The van der Waals surface area contributed by atoms with E-state index in [1.807, 2.05) is 37.3 Å². The van der Waals surface area contributed by atoms with Crippen molar-refractivity contribution in [2.75, 3.05) is 6.61 Å². The largest absolute Gasteiger partial charge is 0.439 e. The molecule has 0 aliphatic heterocycles. The molecule has 2 aromatic carbocycles. The van der Waals surface area contributed by atoms with Gasteiger partial charge in [-0.2, -0.15) is 0 Å². The molecule has 116 valence electrons. The second kappa shape index (κ2) is 7.07. The zero-order chi connectivity index (χ0) is 16.1. The van der Waals surface area contributed by atoms with Gasteiger partial charge >= 0.3 is 0 Å². The first-order chi connectivity index (χ1) is 11.2. The van der Waals surface area contributed by atoms with Crippen LogP contribution in [0.2, 0.25) is 0 Å². The molecule has 0 aliphatic carbocycles. The Balaban J connectivity index is 1.74. The van der Waals surface area contributed by atoms with Crippen LogP contribution in [0.4, 0.5) is 0 Å². The Bertz CT molecular complexity index is 812. The number of ether oxygens (including phenoxy) is 2. The minimum atomic E-state index is 0.592. The molecule has 0 amide bonds. The average Bonchev–Trinajstić information content (AvgIpc) is 2.55. The van der Waals surface area contributed by atoms with Crippen LogP contribution in [0.25, 0.3) is 10.8 Å². The summed E-state index contributed by atoms with van der Waals surface area (Å²) in [5.41, 5.74) is 2.18. The third-order valence-corrected chi connectivity index (χ3v) is 3.35. The summed E-state index contributed by atoms with van der Waals surface area (Å²) in [7, 11) is 0. The van der Waals surface area contributed by atoms with Crippen molar-refractivity contribution < 1.29 is 9.47 Å². The van der Waals surface area contributed by atoms with Gasteiger partial charge in [0.25, 0.3) is 0 Å². The Labute approximate surface area is 136 Å². The SMILES string of the molecule is C=C(C)COCc1ccc2cc(Oc3ccccn3)ccc2c1. The summed E-state index contributed by atoms with van der Waals surface area (Å²) in [4.78, 5) is 4.17. The van der Waals surface area contributed by atoms with Crippen LogP contribution in [-0.4, -0.2) is 11.6 Å². The fourth-order valence-electron chi connectivity index (χ4n) is 2.30. The fraction of sp³-hybridized carbons (Fsp3) is 0.150. The van der Waals surface area contributed by atoms with E-state index in [9.17, 15) is 0 Å². The van der Waals surface area contributed by atoms with Crippen molar-refractivity contribution >= 4 is 10.8 Å². The Morgan fingerprint density at radius 3 is 2.65 bits per heavy atom. The highest BCUT2D eigenvalue weighted by Gasteiger charge is 2.02. The molecule has 0 saturated carbocycles. The predicted octanol–water partition coefficient (Wildman–Crippen LogP) is 5.12. The van der Waals surface area contributed by atoms with Crippen molar-refractivity contribution in [3.63, 3.8) is 0 Å². The molecule has 3 nitrogen and oxygen atoms in total. The molecule has 23 heavy (non-hydrogen) atoms. The zero-order valence-corrected chi connectivity index (χ0v) is 13.2. The van der Waals surface area contributed by atoms with Crippen molar-refractivity contribution in [2.45, 2.75) is 13.5 Å². The van der Waals surface area contributed by atoms with Gasteiger partial charge in [-0.1, -0.05) is 36.4 Å². The summed E-state index contributed by atoms with van der Waals surface area (Å²) in [5.74, 6) is 1.37. The third kappa shape index (κ3) is 4.18. The van der Waals surface area contributed by atoms with Crippen LogP contribution in [0.3, 0.4) is 0 Å². The normalized spacial score (nSPS) is 10.7. The Hall–Kier alpha value is -2.65. The van der Waals surface area contributed by atoms with Gasteiger partial charge in [-0.15, -0.1) is 0 Å². The summed E-state index contributed by atoms with van der Waals surface area (Å²) in [6, 6.07) is 17.9. The lowest BCUT2D eigenvalue weighted by Crippen LogP contribution is -1.95. The first-order valence-corrected chi connectivity index (χ1v) is 7.54. The number of benzene rings is 2. The average molecular weight is 305 g/mol. The molecule has 1 aromatic heterocycles. The second-order valence-electron chi connectivity index (χ2n) is 5.56. The van der Waals surface area contributed by atoms with E-state index in [4.69, 9.17) is 9.47 Å².